The molecule has 0 aliphatic heterocycles. The summed E-state index contributed by atoms with van der Waals surface area (Å²) in [6.07, 6.45) is 5.28. The molecule has 1 aromatic heterocycles. The number of hydrogen-bond donors (Lipinski definition) is 2. The third-order valence-electron chi connectivity index (χ3n) is 5.85. The highest BCUT2D eigenvalue weighted by Crippen LogP contribution is 2.33. The van der Waals surface area contributed by atoms with Gasteiger partial charge < -0.3 is 10.3 Å². The third-order valence-corrected chi connectivity index (χ3v) is 5.85. The van der Waals surface area contributed by atoms with Gasteiger partial charge in [0.15, 0.2) is 0 Å². The molecular weight excluding hydrogens is 338 g/mol. The summed E-state index contributed by atoms with van der Waals surface area (Å²) in [5, 5.41) is 3.88. The Morgan fingerprint density at radius 2 is 2.07 bits per heavy atom. The number of benzene rings is 1. The molecule has 0 bridgehead atoms. The molecule has 1 heterocycles. The average Bonchev–Trinajstić information content (AvgIpc) is 2.61. The Balaban J connectivity index is 1.54. The van der Waals surface area contributed by atoms with Crippen molar-refractivity contribution >= 4 is 16.8 Å². The van der Waals surface area contributed by atoms with Crippen LogP contribution < -0.4 is 10.9 Å². The van der Waals surface area contributed by atoms with Crippen LogP contribution in [0.1, 0.15) is 58.7 Å². The van der Waals surface area contributed by atoms with Crippen LogP contribution in [0.4, 0.5) is 0 Å². The normalized spacial score (nSPS) is 22.9. The van der Waals surface area contributed by atoms with Crippen molar-refractivity contribution in [3.05, 3.63) is 40.4 Å². The van der Waals surface area contributed by atoms with Gasteiger partial charge in [-0.2, -0.15) is 0 Å². The van der Waals surface area contributed by atoms with Crippen molar-refractivity contribution in [2.24, 2.45) is 17.8 Å². The number of carbonyl (C=O) groups excluding carboxylic acids is 1. The number of carbonyl (C=O) groups is 1. The monoisotopic (exact) mass is 369 g/mol. The lowest BCUT2D eigenvalue weighted by atomic mass is 9.74. The maximum atomic E-state index is 12.5. The maximum absolute atomic E-state index is 12.5. The van der Waals surface area contributed by atoms with E-state index in [4.69, 9.17) is 0 Å². The molecule has 5 heteroatoms. The Labute approximate surface area is 161 Å². The molecule has 1 aliphatic carbocycles. The number of H-pyrrole nitrogens is 1. The Hall–Kier alpha value is -2.17. The highest BCUT2D eigenvalue weighted by Gasteiger charge is 2.31. The minimum Gasteiger partial charge on any atom is -0.353 e. The van der Waals surface area contributed by atoms with Crippen molar-refractivity contribution in [3.8, 4) is 0 Å². The third kappa shape index (κ3) is 4.96. The van der Waals surface area contributed by atoms with E-state index in [1.165, 1.54) is 12.8 Å². The molecule has 3 rings (SSSR count). The van der Waals surface area contributed by atoms with Gasteiger partial charge in [-0.05, 0) is 49.1 Å². The van der Waals surface area contributed by atoms with Gasteiger partial charge in [0.1, 0.15) is 5.82 Å². The zero-order valence-corrected chi connectivity index (χ0v) is 16.6. The van der Waals surface area contributed by atoms with Crippen LogP contribution in [0.3, 0.4) is 0 Å². The van der Waals surface area contributed by atoms with Crippen molar-refractivity contribution in [3.63, 3.8) is 0 Å². The first-order valence-electron chi connectivity index (χ1n) is 10.2. The fourth-order valence-corrected chi connectivity index (χ4v) is 4.32. The number of aromatic nitrogens is 2. The number of para-hydroxylation sites is 1. The minimum atomic E-state index is -0.115. The van der Waals surface area contributed by atoms with Gasteiger partial charge in [-0.25, -0.2) is 4.98 Å². The van der Waals surface area contributed by atoms with Gasteiger partial charge in [-0.3, -0.25) is 9.59 Å². The van der Waals surface area contributed by atoms with Gasteiger partial charge in [0, 0.05) is 18.9 Å². The van der Waals surface area contributed by atoms with Crippen molar-refractivity contribution in [2.75, 3.05) is 0 Å². The average molecular weight is 370 g/mol. The second-order valence-corrected chi connectivity index (χ2v) is 8.38. The Bertz CT molecular complexity index is 843. The molecule has 0 saturated heterocycles. The molecule has 1 fully saturated rings. The van der Waals surface area contributed by atoms with E-state index < -0.39 is 0 Å². The lowest BCUT2D eigenvalue weighted by Gasteiger charge is -2.37. The highest BCUT2D eigenvalue weighted by atomic mass is 16.1. The fraction of sp³-hybridized carbons (Fsp3) is 0.591. The quantitative estimate of drug-likeness (QED) is 0.813. The van der Waals surface area contributed by atoms with E-state index in [9.17, 15) is 9.59 Å². The van der Waals surface area contributed by atoms with Crippen LogP contribution in [0.25, 0.3) is 10.9 Å². The van der Waals surface area contributed by atoms with Crippen LogP contribution in [-0.2, 0) is 11.2 Å². The molecule has 2 N–H and O–H groups in total. The van der Waals surface area contributed by atoms with Crippen LogP contribution in [0, 0.1) is 17.8 Å². The molecule has 0 radical (unpaired) electrons. The van der Waals surface area contributed by atoms with Crippen LogP contribution in [-0.4, -0.2) is 21.9 Å². The van der Waals surface area contributed by atoms with Gasteiger partial charge >= 0.3 is 0 Å². The first-order chi connectivity index (χ1) is 12.9. The lowest BCUT2D eigenvalue weighted by Crippen LogP contribution is -2.45. The summed E-state index contributed by atoms with van der Waals surface area (Å²) in [7, 11) is 0. The van der Waals surface area contributed by atoms with Crippen molar-refractivity contribution in [2.45, 2.75) is 65.3 Å². The van der Waals surface area contributed by atoms with Gasteiger partial charge in [0.2, 0.25) is 5.91 Å². The SMILES string of the molecule is CC1CCC(C(C)C)C(NC(=O)CCCc2nc3ccccc3c(=O)[nH]2)C1. The first-order valence-corrected chi connectivity index (χ1v) is 10.2. The molecule has 0 spiro atoms. The number of rotatable bonds is 6. The summed E-state index contributed by atoms with van der Waals surface area (Å²) < 4.78 is 0. The van der Waals surface area contributed by atoms with Crippen LogP contribution in [0.5, 0.6) is 0 Å². The van der Waals surface area contributed by atoms with E-state index in [2.05, 4.69) is 36.1 Å². The summed E-state index contributed by atoms with van der Waals surface area (Å²) in [4.78, 5) is 31.9. The molecule has 1 aliphatic rings. The number of fused-ring (bicyclic) bond motifs is 1. The second kappa shape index (κ2) is 8.68. The molecule has 3 unspecified atom stereocenters. The Kier molecular flexibility index (Phi) is 6.30. The maximum Gasteiger partial charge on any atom is 0.258 e. The number of nitrogens with one attached hydrogen (secondary N) is 2. The molecule has 1 saturated carbocycles. The minimum absolute atomic E-state index is 0.114. The van der Waals surface area contributed by atoms with E-state index in [1.807, 2.05) is 18.2 Å². The number of amides is 1. The number of aryl methyl sites for hydroxylation is 1. The second-order valence-electron chi connectivity index (χ2n) is 8.38. The summed E-state index contributed by atoms with van der Waals surface area (Å²) >= 11 is 0. The number of nitrogens with zero attached hydrogens (tertiary/aromatic N) is 1. The molecule has 1 amide bonds. The predicted octanol–water partition coefficient (Wildman–Crippen LogP) is 3.82. The van der Waals surface area contributed by atoms with E-state index >= 15 is 0 Å². The zero-order valence-electron chi connectivity index (χ0n) is 16.6. The summed E-state index contributed by atoms with van der Waals surface area (Å²) in [5.74, 6) is 2.61. The lowest BCUT2D eigenvalue weighted by molar-refractivity contribution is -0.122. The molecular formula is C22H31N3O2. The van der Waals surface area contributed by atoms with Gasteiger partial charge in [-0.15, -0.1) is 0 Å². The van der Waals surface area contributed by atoms with Crippen molar-refractivity contribution < 1.29 is 4.79 Å². The predicted molar refractivity (Wildman–Crippen MR) is 109 cm³/mol. The standard InChI is InChI=1S/C22H31N3O2/c1-14(2)16-12-11-15(3)13-19(16)24-21(26)10-6-9-20-23-18-8-5-4-7-17(18)22(27)25-20/h4-5,7-8,14-16,19H,6,9-13H2,1-3H3,(H,24,26)(H,23,25,27). The molecule has 146 valence electrons. The smallest absolute Gasteiger partial charge is 0.258 e. The van der Waals surface area contributed by atoms with Gasteiger partial charge in [-0.1, -0.05) is 39.3 Å². The molecule has 2 aromatic rings. The summed E-state index contributed by atoms with van der Waals surface area (Å²) in [6, 6.07) is 7.62. The molecule has 5 nitrogen and oxygen atoms in total. The summed E-state index contributed by atoms with van der Waals surface area (Å²) in [5.41, 5.74) is 0.590. The molecule has 27 heavy (non-hydrogen) atoms. The van der Waals surface area contributed by atoms with E-state index in [1.54, 1.807) is 6.07 Å². The summed E-state index contributed by atoms with van der Waals surface area (Å²) in [6.45, 7) is 6.78. The van der Waals surface area contributed by atoms with Crippen LogP contribution >= 0.6 is 0 Å². The topological polar surface area (TPSA) is 74.8 Å². The first kappa shape index (κ1) is 19.6. The molecule has 1 aromatic carbocycles. The number of hydrogen-bond acceptors (Lipinski definition) is 3. The highest BCUT2D eigenvalue weighted by molar-refractivity contribution is 5.77. The fourth-order valence-electron chi connectivity index (χ4n) is 4.32. The number of aromatic amines is 1. The Morgan fingerprint density at radius 1 is 1.30 bits per heavy atom. The van der Waals surface area contributed by atoms with Gasteiger partial charge in [0.05, 0.1) is 10.9 Å². The Morgan fingerprint density at radius 3 is 2.85 bits per heavy atom. The van der Waals surface area contributed by atoms with E-state index in [0.717, 1.165) is 6.42 Å². The molecule has 3 atom stereocenters. The van der Waals surface area contributed by atoms with Crippen LogP contribution in [0.2, 0.25) is 0 Å². The zero-order chi connectivity index (χ0) is 19.4. The van der Waals surface area contributed by atoms with Gasteiger partial charge in [0.25, 0.3) is 5.56 Å². The van der Waals surface area contributed by atoms with E-state index in [-0.39, 0.29) is 11.5 Å². The van der Waals surface area contributed by atoms with E-state index in [0.29, 0.717) is 59.8 Å². The largest absolute Gasteiger partial charge is 0.353 e. The van der Waals surface area contributed by atoms with Crippen molar-refractivity contribution in [1.82, 2.24) is 15.3 Å². The van der Waals surface area contributed by atoms with Crippen molar-refractivity contribution in [1.29, 1.82) is 0 Å². The van der Waals surface area contributed by atoms with Crippen LogP contribution in [0.15, 0.2) is 29.1 Å².